The van der Waals surface area contributed by atoms with Gasteiger partial charge >= 0.3 is 0 Å². The second kappa shape index (κ2) is 6.92. The molecule has 0 spiro atoms. The van der Waals surface area contributed by atoms with E-state index < -0.39 is 0 Å². The highest BCUT2D eigenvalue weighted by Gasteiger charge is 2.35. The first-order valence-corrected chi connectivity index (χ1v) is 7.46. The van der Waals surface area contributed by atoms with Gasteiger partial charge in [-0.25, -0.2) is 4.39 Å². The zero-order chi connectivity index (χ0) is 13.6. The summed E-state index contributed by atoms with van der Waals surface area (Å²) in [6.45, 7) is 8.50. The first-order chi connectivity index (χ1) is 8.69. The Kier molecular flexibility index (Phi) is 5.84. The summed E-state index contributed by atoms with van der Waals surface area (Å²) in [5.74, 6) is -0.0810. The van der Waals surface area contributed by atoms with Crippen LogP contribution < -0.4 is 0 Å². The van der Waals surface area contributed by atoms with E-state index in [0.29, 0.717) is 5.41 Å². The standard InChI is InChI=1S/C15H21F.C2H6/c1-3-7-15(8-4-2)10-12-5-6-14(16)9-13(12)11-15;1-2/h5-6,9H,3-4,7-8,10-11H2,1-2H3;1-2H3. The van der Waals surface area contributed by atoms with Crippen molar-refractivity contribution in [2.75, 3.05) is 0 Å². The SMILES string of the molecule is CC.CCCC1(CCC)Cc2ccc(F)cc2C1. The minimum atomic E-state index is -0.0810. The van der Waals surface area contributed by atoms with Gasteiger partial charge in [-0.1, -0.05) is 46.6 Å². The van der Waals surface area contributed by atoms with Gasteiger partial charge in [-0.05, 0) is 54.4 Å². The molecule has 1 aromatic rings. The first kappa shape index (κ1) is 15.2. The molecule has 1 aliphatic rings. The highest BCUT2D eigenvalue weighted by Crippen LogP contribution is 2.44. The van der Waals surface area contributed by atoms with Gasteiger partial charge in [-0.15, -0.1) is 0 Å². The van der Waals surface area contributed by atoms with Crippen LogP contribution in [0.1, 0.15) is 64.5 Å². The van der Waals surface area contributed by atoms with Crippen LogP contribution in [-0.4, -0.2) is 0 Å². The summed E-state index contributed by atoms with van der Waals surface area (Å²) in [5, 5.41) is 0. The summed E-state index contributed by atoms with van der Waals surface area (Å²) in [6.07, 6.45) is 7.26. The van der Waals surface area contributed by atoms with Gasteiger partial charge in [-0.2, -0.15) is 0 Å². The lowest BCUT2D eigenvalue weighted by molar-refractivity contribution is 0.250. The number of halogens is 1. The van der Waals surface area contributed by atoms with Crippen LogP contribution >= 0.6 is 0 Å². The van der Waals surface area contributed by atoms with E-state index in [0.717, 1.165) is 12.8 Å². The molecule has 1 aliphatic carbocycles. The summed E-state index contributed by atoms with van der Waals surface area (Å²) < 4.78 is 13.2. The highest BCUT2D eigenvalue weighted by atomic mass is 19.1. The fourth-order valence-corrected chi connectivity index (χ4v) is 3.34. The summed E-state index contributed by atoms with van der Waals surface area (Å²) >= 11 is 0. The molecule has 0 amide bonds. The maximum atomic E-state index is 13.2. The van der Waals surface area contributed by atoms with Crippen LogP contribution in [0.4, 0.5) is 4.39 Å². The summed E-state index contributed by atoms with van der Waals surface area (Å²) in [6, 6.07) is 5.33. The Bertz CT molecular complexity index is 362. The predicted octanol–water partition coefficient (Wildman–Crippen LogP) is 5.54. The Morgan fingerprint density at radius 1 is 1.00 bits per heavy atom. The van der Waals surface area contributed by atoms with Crippen LogP contribution in [0.2, 0.25) is 0 Å². The number of fused-ring (bicyclic) bond motifs is 1. The van der Waals surface area contributed by atoms with Crippen molar-refractivity contribution < 1.29 is 4.39 Å². The molecule has 0 atom stereocenters. The lowest BCUT2D eigenvalue weighted by Gasteiger charge is -2.28. The molecule has 0 unspecified atom stereocenters. The van der Waals surface area contributed by atoms with Crippen molar-refractivity contribution in [3.63, 3.8) is 0 Å². The minimum absolute atomic E-state index is 0.0810. The fourth-order valence-electron chi connectivity index (χ4n) is 3.34. The molecule has 0 N–H and O–H groups in total. The van der Waals surface area contributed by atoms with Gasteiger partial charge in [0.05, 0.1) is 0 Å². The Morgan fingerprint density at radius 3 is 2.11 bits per heavy atom. The highest BCUT2D eigenvalue weighted by molar-refractivity contribution is 5.34. The van der Waals surface area contributed by atoms with E-state index in [2.05, 4.69) is 13.8 Å². The summed E-state index contributed by atoms with van der Waals surface area (Å²) in [7, 11) is 0. The van der Waals surface area contributed by atoms with Crippen molar-refractivity contribution in [1.29, 1.82) is 0 Å². The zero-order valence-corrected chi connectivity index (χ0v) is 12.4. The molecule has 0 nitrogen and oxygen atoms in total. The van der Waals surface area contributed by atoms with Crippen molar-refractivity contribution in [3.8, 4) is 0 Å². The lowest BCUT2D eigenvalue weighted by atomic mass is 9.77. The minimum Gasteiger partial charge on any atom is -0.207 e. The largest absolute Gasteiger partial charge is 0.207 e. The van der Waals surface area contributed by atoms with Gasteiger partial charge < -0.3 is 0 Å². The number of rotatable bonds is 4. The molecule has 1 aromatic carbocycles. The number of hydrogen-bond donors (Lipinski definition) is 0. The molecule has 0 fully saturated rings. The van der Waals surface area contributed by atoms with Gasteiger partial charge in [0.2, 0.25) is 0 Å². The molecule has 0 saturated heterocycles. The van der Waals surface area contributed by atoms with E-state index in [1.54, 1.807) is 12.1 Å². The maximum Gasteiger partial charge on any atom is 0.123 e. The molecule has 0 radical (unpaired) electrons. The second-order valence-electron chi connectivity index (χ2n) is 5.27. The quantitative estimate of drug-likeness (QED) is 0.658. The molecular formula is C17H27F. The van der Waals surface area contributed by atoms with Crippen LogP contribution in [0.25, 0.3) is 0 Å². The molecule has 102 valence electrons. The van der Waals surface area contributed by atoms with Gasteiger partial charge in [0, 0.05) is 0 Å². The molecule has 2 rings (SSSR count). The third kappa shape index (κ3) is 3.34. The van der Waals surface area contributed by atoms with Crippen LogP contribution in [0.5, 0.6) is 0 Å². The molecule has 18 heavy (non-hydrogen) atoms. The van der Waals surface area contributed by atoms with Gasteiger partial charge in [0.25, 0.3) is 0 Å². The van der Waals surface area contributed by atoms with Crippen molar-refractivity contribution in [2.24, 2.45) is 5.41 Å². The number of hydrogen-bond acceptors (Lipinski definition) is 0. The van der Waals surface area contributed by atoms with E-state index in [1.807, 2.05) is 19.9 Å². The monoisotopic (exact) mass is 250 g/mol. The van der Waals surface area contributed by atoms with E-state index in [1.165, 1.54) is 36.8 Å². The van der Waals surface area contributed by atoms with E-state index in [4.69, 9.17) is 0 Å². The maximum absolute atomic E-state index is 13.2. The molecule has 0 heterocycles. The first-order valence-electron chi connectivity index (χ1n) is 7.46. The predicted molar refractivity (Wildman–Crippen MR) is 77.4 cm³/mol. The Hall–Kier alpha value is -0.850. The van der Waals surface area contributed by atoms with Crippen molar-refractivity contribution in [2.45, 2.75) is 66.2 Å². The molecule has 0 aromatic heterocycles. The molecule has 1 heteroatoms. The third-order valence-corrected chi connectivity index (χ3v) is 3.86. The lowest BCUT2D eigenvalue weighted by Crippen LogP contribution is -2.20. The summed E-state index contributed by atoms with van der Waals surface area (Å²) in [5.41, 5.74) is 3.06. The number of benzene rings is 1. The molecule has 0 bridgehead atoms. The van der Waals surface area contributed by atoms with Crippen molar-refractivity contribution in [3.05, 3.63) is 35.1 Å². The Balaban J connectivity index is 0.000000771. The van der Waals surface area contributed by atoms with E-state index in [9.17, 15) is 4.39 Å². The van der Waals surface area contributed by atoms with Crippen LogP contribution in [0, 0.1) is 11.2 Å². The van der Waals surface area contributed by atoms with Crippen LogP contribution in [-0.2, 0) is 12.8 Å². The Labute approximate surface area is 112 Å². The molecular weight excluding hydrogens is 223 g/mol. The normalized spacial score (nSPS) is 15.8. The van der Waals surface area contributed by atoms with E-state index in [-0.39, 0.29) is 5.82 Å². The second-order valence-corrected chi connectivity index (χ2v) is 5.27. The smallest absolute Gasteiger partial charge is 0.123 e. The van der Waals surface area contributed by atoms with Crippen molar-refractivity contribution >= 4 is 0 Å². The van der Waals surface area contributed by atoms with Gasteiger partial charge in [0.1, 0.15) is 5.82 Å². The van der Waals surface area contributed by atoms with Gasteiger partial charge in [0.15, 0.2) is 0 Å². The summed E-state index contributed by atoms with van der Waals surface area (Å²) in [4.78, 5) is 0. The topological polar surface area (TPSA) is 0 Å². The Morgan fingerprint density at radius 2 is 1.56 bits per heavy atom. The fraction of sp³-hybridized carbons (Fsp3) is 0.647. The third-order valence-electron chi connectivity index (χ3n) is 3.86. The van der Waals surface area contributed by atoms with E-state index >= 15 is 0 Å². The average molecular weight is 250 g/mol. The van der Waals surface area contributed by atoms with Gasteiger partial charge in [-0.3, -0.25) is 0 Å². The molecule has 0 saturated carbocycles. The van der Waals surface area contributed by atoms with Crippen LogP contribution in [0.15, 0.2) is 18.2 Å². The van der Waals surface area contributed by atoms with Crippen LogP contribution in [0.3, 0.4) is 0 Å². The average Bonchev–Trinajstić information content (AvgIpc) is 2.70. The van der Waals surface area contributed by atoms with Crippen molar-refractivity contribution in [1.82, 2.24) is 0 Å². The molecule has 0 aliphatic heterocycles. The zero-order valence-electron chi connectivity index (χ0n) is 12.4.